The molecule has 2 rings (SSSR count). The van der Waals surface area contributed by atoms with Gasteiger partial charge in [-0.25, -0.2) is 4.79 Å². The van der Waals surface area contributed by atoms with E-state index < -0.39 is 5.97 Å². The molecule has 1 heterocycles. The van der Waals surface area contributed by atoms with E-state index in [9.17, 15) is 4.79 Å². The summed E-state index contributed by atoms with van der Waals surface area (Å²) in [6, 6.07) is 4.85. The van der Waals surface area contributed by atoms with E-state index in [1.165, 1.54) is 17.1 Å². The first kappa shape index (κ1) is 12.9. The lowest BCUT2D eigenvalue weighted by molar-refractivity contribution is 0.0526. The van der Waals surface area contributed by atoms with Crippen LogP contribution in [0.3, 0.4) is 0 Å². The van der Waals surface area contributed by atoms with Crippen molar-refractivity contribution >= 4 is 11.7 Å². The molecular formula is C12H14N4O3. The number of aryl methyl sites for hydroxylation is 1. The van der Waals surface area contributed by atoms with Crippen LogP contribution in [0, 0.1) is 0 Å². The highest BCUT2D eigenvalue weighted by Crippen LogP contribution is 2.26. The SMILES string of the molecule is CCOC(=O)c1ccc(Oc2ncn(C)n2)c(N)c1. The summed E-state index contributed by atoms with van der Waals surface area (Å²) >= 11 is 0. The highest BCUT2D eigenvalue weighted by atomic mass is 16.5. The maximum atomic E-state index is 11.5. The summed E-state index contributed by atoms with van der Waals surface area (Å²) in [5.74, 6) is -0.0315. The summed E-state index contributed by atoms with van der Waals surface area (Å²) in [6.07, 6.45) is 1.51. The van der Waals surface area contributed by atoms with E-state index in [1.807, 2.05) is 0 Å². The third-order valence-electron chi connectivity index (χ3n) is 2.30. The number of anilines is 1. The van der Waals surface area contributed by atoms with Gasteiger partial charge in [-0.2, -0.15) is 4.98 Å². The van der Waals surface area contributed by atoms with E-state index in [-0.39, 0.29) is 6.01 Å². The zero-order chi connectivity index (χ0) is 13.8. The summed E-state index contributed by atoms with van der Waals surface area (Å²) in [5, 5.41) is 3.97. The Kier molecular flexibility index (Phi) is 3.65. The highest BCUT2D eigenvalue weighted by molar-refractivity contribution is 5.91. The second kappa shape index (κ2) is 5.38. The molecule has 19 heavy (non-hydrogen) atoms. The fourth-order valence-corrected chi connectivity index (χ4v) is 1.45. The molecule has 0 saturated carbocycles. The van der Waals surface area contributed by atoms with Crippen molar-refractivity contribution in [1.82, 2.24) is 14.8 Å². The molecule has 7 heteroatoms. The molecule has 0 amide bonds. The molecule has 0 fully saturated rings. The van der Waals surface area contributed by atoms with Gasteiger partial charge in [0, 0.05) is 7.05 Å². The molecular weight excluding hydrogens is 248 g/mol. The third-order valence-corrected chi connectivity index (χ3v) is 2.30. The van der Waals surface area contributed by atoms with Crippen LogP contribution in [-0.2, 0) is 11.8 Å². The van der Waals surface area contributed by atoms with Gasteiger partial charge in [-0.1, -0.05) is 0 Å². The quantitative estimate of drug-likeness (QED) is 0.660. The average Bonchev–Trinajstić information content (AvgIpc) is 2.78. The molecule has 0 unspecified atom stereocenters. The maximum absolute atomic E-state index is 11.5. The van der Waals surface area contributed by atoms with Crippen LogP contribution in [0.5, 0.6) is 11.8 Å². The standard InChI is InChI=1S/C12H14N4O3/c1-3-18-11(17)8-4-5-10(9(13)6-8)19-12-14-7-16(2)15-12/h4-7H,3,13H2,1-2H3. The van der Waals surface area contributed by atoms with Crippen molar-refractivity contribution in [2.45, 2.75) is 6.92 Å². The smallest absolute Gasteiger partial charge is 0.341 e. The van der Waals surface area contributed by atoms with Crippen molar-refractivity contribution in [2.24, 2.45) is 7.05 Å². The number of aromatic nitrogens is 3. The topological polar surface area (TPSA) is 92.3 Å². The molecule has 2 N–H and O–H groups in total. The Morgan fingerprint density at radius 2 is 2.26 bits per heavy atom. The molecule has 7 nitrogen and oxygen atoms in total. The zero-order valence-corrected chi connectivity index (χ0v) is 10.7. The molecule has 0 atom stereocenters. The van der Waals surface area contributed by atoms with E-state index in [0.29, 0.717) is 23.6 Å². The normalized spacial score (nSPS) is 10.2. The van der Waals surface area contributed by atoms with Crippen LogP contribution in [0.2, 0.25) is 0 Å². The number of rotatable bonds is 4. The molecule has 0 aliphatic rings. The number of benzene rings is 1. The maximum Gasteiger partial charge on any atom is 0.341 e. The molecule has 0 radical (unpaired) electrons. The molecule has 1 aromatic carbocycles. The second-order valence-electron chi connectivity index (χ2n) is 3.78. The summed E-state index contributed by atoms with van der Waals surface area (Å²) in [5.41, 5.74) is 6.51. The van der Waals surface area contributed by atoms with Gasteiger partial charge < -0.3 is 15.2 Å². The third kappa shape index (κ3) is 3.01. The monoisotopic (exact) mass is 262 g/mol. The first-order valence-electron chi connectivity index (χ1n) is 5.70. The predicted octanol–water partition coefficient (Wildman–Crippen LogP) is 1.37. The molecule has 2 aromatic rings. The molecule has 0 bridgehead atoms. The van der Waals surface area contributed by atoms with Crippen molar-refractivity contribution in [3.05, 3.63) is 30.1 Å². The minimum atomic E-state index is -0.420. The summed E-state index contributed by atoms with van der Waals surface area (Å²) < 4.78 is 11.8. The van der Waals surface area contributed by atoms with Crippen LogP contribution in [0.25, 0.3) is 0 Å². The van der Waals surface area contributed by atoms with Crippen molar-refractivity contribution in [3.63, 3.8) is 0 Å². The van der Waals surface area contributed by atoms with Gasteiger partial charge in [0.25, 0.3) is 0 Å². The van der Waals surface area contributed by atoms with E-state index in [2.05, 4.69) is 10.1 Å². The van der Waals surface area contributed by atoms with E-state index in [4.69, 9.17) is 15.2 Å². The predicted molar refractivity (Wildman–Crippen MR) is 67.9 cm³/mol. The lowest BCUT2D eigenvalue weighted by Gasteiger charge is -2.07. The van der Waals surface area contributed by atoms with Crippen molar-refractivity contribution in [3.8, 4) is 11.8 Å². The van der Waals surface area contributed by atoms with Gasteiger partial charge in [0.05, 0.1) is 17.9 Å². The van der Waals surface area contributed by atoms with Crippen LogP contribution >= 0.6 is 0 Å². The molecule has 0 spiro atoms. The number of carbonyl (C=O) groups excluding carboxylic acids is 1. The summed E-state index contributed by atoms with van der Waals surface area (Å²) in [4.78, 5) is 15.4. The van der Waals surface area contributed by atoms with Gasteiger partial charge in [-0.3, -0.25) is 4.68 Å². The first-order chi connectivity index (χ1) is 9.10. The van der Waals surface area contributed by atoms with E-state index >= 15 is 0 Å². The Labute approximate surface area is 110 Å². The number of nitrogens with zero attached hydrogens (tertiary/aromatic N) is 3. The van der Waals surface area contributed by atoms with Crippen LogP contribution in [0.4, 0.5) is 5.69 Å². The van der Waals surface area contributed by atoms with Gasteiger partial charge in [0.15, 0.2) is 5.75 Å². The van der Waals surface area contributed by atoms with Gasteiger partial charge in [-0.15, -0.1) is 5.10 Å². The van der Waals surface area contributed by atoms with Crippen LogP contribution < -0.4 is 10.5 Å². The van der Waals surface area contributed by atoms with Gasteiger partial charge >= 0.3 is 12.0 Å². The Hall–Kier alpha value is -2.57. The Morgan fingerprint density at radius 1 is 1.47 bits per heavy atom. The molecule has 0 aliphatic heterocycles. The molecule has 100 valence electrons. The van der Waals surface area contributed by atoms with Gasteiger partial charge in [0.1, 0.15) is 6.33 Å². The minimum absolute atomic E-state index is 0.193. The number of esters is 1. The van der Waals surface area contributed by atoms with E-state index in [1.54, 1.807) is 26.1 Å². The fourth-order valence-electron chi connectivity index (χ4n) is 1.45. The van der Waals surface area contributed by atoms with E-state index in [0.717, 1.165) is 0 Å². The number of ether oxygens (including phenoxy) is 2. The fraction of sp³-hybridized carbons (Fsp3) is 0.250. The Bertz CT molecular complexity index is 594. The average molecular weight is 262 g/mol. The van der Waals surface area contributed by atoms with Crippen LogP contribution in [-0.4, -0.2) is 27.3 Å². The molecule has 0 aliphatic carbocycles. The Morgan fingerprint density at radius 3 is 2.84 bits per heavy atom. The van der Waals surface area contributed by atoms with Gasteiger partial charge in [0.2, 0.25) is 0 Å². The first-order valence-corrected chi connectivity index (χ1v) is 5.70. The molecule has 1 aromatic heterocycles. The largest absolute Gasteiger partial charge is 0.462 e. The van der Waals surface area contributed by atoms with Crippen molar-refractivity contribution in [1.29, 1.82) is 0 Å². The van der Waals surface area contributed by atoms with Crippen molar-refractivity contribution < 1.29 is 14.3 Å². The summed E-state index contributed by atoms with van der Waals surface area (Å²) in [7, 11) is 1.73. The number of nitrogens with two attached hydrogens (primary N) is 1. The lowest BCUT2D eigenvalue weighted by Crippen LogP contribution is -2.05. The van der Waals surface area contributed by atoms with Crippen molar-refractivity contribution in [2.75, 3.05) is 12.3 Å². The summed E-state index contributed by atoms with van der Waals surface area (Å²) in [6.45, 7) is 2.06. The van der Waals surface area contributed by atoms with Gasteiger partial charge in [-0.05, 0) is 25.1 Å². The highest BCUT2D eigenvalue weighted by Gasteiger charge is 2.11. The Balaban J connectivity index is 2.17. The van der Waals surface area contributed by atoms with Crippen LogP contribution in [0.15, 0.2) is 24.5 Å². The number of hydrogen-bond acceptors (Lipinski definition) is 6. The number of nitrogen functional groups attached to an aromatic ring is 1. The lowest BCUT2D eigenvalue weighted by atomic mass is 10.2. The van der Waals surface area contributed by atoms with Crippen LogP contribution in [0.1, 0.15) is 17.3 Å². The molecule has 0 saturated heterocycles. The zero-order valence-electron chi connectivity index (χ0n) is 10.7. The minimum Gasteiger partial charge on any atom is -0.462 e. The number of hydrogen-bond donors (Lipinski definition) is 1. The number of carbonyl (C=O) groups is 1. The second-order valence-corrected chi connectivity index (χ2v) is 3.78.